The summed E-state index contributed by atoms with van der Waals surface area (Å²) in [5, 5.41) is 0. The molecule has 3 aromatic rings. The van der Waals surface area contributed by atoms with E-state index in [-0.39, 0.29) is 36.8 Å². The summed E-state index contributed by atoms with van der Waals surface area (Å²) in [6.07, 6.45) is -2.73. The second-order valence-corrected chi connectivity index (χ2v) is 13.2. The highest BCUT2D eigenvalue weighted by Gasteiger charge is 2.44. The Bertz CT molecular complexity index is 1530. The molecule has 3 aromatic carbocycles. The number of anilines is 1. The molecule has 5 rings (SSSR count). The zero-order valence-electron chi connectivity index (χ0n) is 27.4. The number of benzene rings is 3. The number of carbonyl (C=O) groups is 2. The number of amides is 2. The van der Waals surface area contributed by atoms with Crippen LogP contribution in [0.5, 0.6) is 5.75 Å². The summed E-state index contributed by atoms with van der Waals surface area (Å²) >= 11 is 0. The van der Waals surface area contributed by atoms with Gasteiger partial charge in [0, 0.05) is 51.0 Å². The van der Waals surface area contributed by atoms with E-state index in [1.165, 1.54) is 19.2 Å². The number of carbonyl (C=O) groups excluding carboxylic acids is 2. The van der Waals surface area contributed by atoms with Crippen molar-refractivity contribution in [2.24, 2.45) is 5.92 Å². The number of halogens is 3. The topological polar surface area (TPSA) is 68.3 Å². The average Bonchev–Trinajstić information content (AvgIpc) is 3.87. The molecule has 252 valence electrons. The molecule has 10 heteroatoms. The first-order chi connectivity index (χ1) is 22.4. The lowest BCUT2D eigenvalue weighted by Crippen LogP contribution is -2.51. The van der Waals surface area contributed by atoms with Gasteiger partial charge in [0.15, 0.2) is 0 Å². The highest BCUT2D eigenvalue weighted by molar-refractivity contribution is 5.97. The normalized spacial score (nSPS) is 18.5. The molecule has 0 spiro atoms. The van der Waals surface area contributed by atoms with Gasteiger partial charge < -0.3 is 24.0 Å². The van der Waals surface area contributed by atoms with Crippen molar-refractivity contribution in [3.8, 4) is 16.9 Å². The van der Waals surface area contributed by atoms with Gasteiger partial charge in [-0.25, -0.2) is 4.79 Å². The van der Waals surface area contributed by atoms with E-state index in [4.69, 9.17) is 14.2 Å². The predicted molar refractivity (Wildman–Crippen MR) is 174 cm³/mol. The van der Waals surface area contributed by atoms with Crippen molar-refractivity contribution < 1.29 is 37.0 Å². The fourth-order valence-corrected chi connectivity index (χ4v) is 6.10. The third-order valence-corrected chi connectivity index (χ3v) is 8.45. The van der Waals surface area contributed by atoms with Gasteiger partial charge in [-0.15, -0.1) is 0 Å². The van der Waals surface area contributed by atoms with Crippen molar-refractivity contribution in [2.75, 3.05) is 38.3 Å². The maximum absolute atomic E-state index is 14.7. The zero-order valence-corrected chi connectivity index (χ0v) is 27.4. The summed E-state index contributed by atoms with van der Waals surface area (Å²) in [6.45, 7) is 6.29. The Labute approximate surface area is 274 Å². The van der Waals surface area contributed by atoms with Crippen LogP contribution in [0.25, 0.3) is 11.1 Å². The molecule has 1 heterocycles. The lowest BCUT2D eigenvalue weighted by molar-refractivity contribution is -0.139. The molecule has 0 radical (unpaired) electrons. The molecule has 0 aromatic heterocycles. The maximum atomic E-state index is 14.7. The van der Waals surface area contributed by atoms with Crippen LogP contribution in [0.15, 0.2) is 72.8 Å². The second-order valence-electron chi connectivity index (χ2n) is 13.2. The summed E-state index contributed by atoms with van der Waals surface area (Å²) in [7, 11) is 1.52. The standard InChI is InChI=1S/C37H43F3N2O5/c1-36(2,3)47-35(44)41-19-18-30(27-13-8-12-26(22-27)25-10-6-5-7-11-25)31(24-41)34(43)42(28-14-15-28)29-16-17-32(37(38,39)40)33(23-29)46-21-9-20-45-4/h5-8,10-13,16-17,22-23,28,30-31H,9,14-15,18-21,24H2,1-4H3/t30-,31+/m1/s1. The lowest BCUT2D eigenvalue weighted by Gasteiger charge is -2.40. The number of likely N-dealkylation sites (tertiary alicyclic amines) is 1. The quantitative estimate of drug-likeness (QED) is 0.206. The fourth-order valence-electron chi connectivity index (χ4n) is 6.10. The van der Waals surface area contributed by atoms with Gasteiger partial charge in [-0.2, -0.15) is 13.2 Å². The van der Waals surface area contributed by atoms with E-state index in [2.05, 4.69) is 6.07 Å². The first kappa shape index (κ1) is 34.3. The Morgan fingerprint density at radius 3 is 2.28 bits per heavy atom. The van der Waals surface area contributed by atoms with Crippen molar-refractivity contribution in [1.29, 1.82) is 0 Å². The smallest absolute Gasteiger partial charge is 0.419 e. The van der Waals surface area contributed by atoms with Gasteiger partial charge >= 0.3 is 12.3 Å². The molecule has 1 saturated heterocycles. The number of alkyl halides is 3. The molecule has 0 unspecified atom stereocenters. The first-order valence-electron chi connectivity index (χ1n) is 16.1. The van der Waals surface area contributed by atoms with Crippen molar-refractivity contribution in [2.45, 2.75) is 70.2 Å². The summed E-state index contributed by atoms with van der Waals surface area (Å²) in [6, 6.07) is 21.6. The highest BCUT2D eigenvalue weighted by atomic mass is 19.4. The number of piperidine rings is 1. The Balaban J connectivity index is 1.51. The van der Waals surface area contributed by atoms with E-state index in [1.54, 1.807) is 30.6 Å². The molecule has 0 N–H and O–H groups in total. The van der Waals surface area contributed by atoms with Gasteiger partial charge in [-0.05, 0) is 74.8 Å². The van der Waals surface area contributed by atoms with Crippen LogP contribution >= 0.6 is 0 Å². The average molecular weight is 653 g/mol. The molecule has 2 amide bonds. The molecule has 1 aliphatic carbocycles. The van der Waals surface area contributed by atoms with Crippen molar-refractivity contribution in [3.05, 3.63) is 83.9 Å². The Morgan fingerprint density at radius 1 is 0.894 bits per heavy atom. The minimum Gasteiger partial charge on any atom is -0.493 e. The number of methoxy groups -OCH3 is 1. The van der Waals surface area contributed by atoms with Crippen LogP contribution in [0.1, 0.15) is 63.5 Å². The van der Waals surface area contributed by atoms with Gasteiger partial charge in [0.1, 0.15) is 11.4 Å². The van der Waals surface area contributed by atoms with E-state index in [1.807, 2.05) is 48.5 Å². The van der Waals surface area contributed by atoms with Crippen LogP contribution in [0.2, 0.25) is 0 Å². The second kappa shape index (κ2) is 14.4. The Kier molecular flexibility index (Phi) is 10.5. The van der Waals surface area contributed by atoms with Crippen molar-refractivity contribution >= 4 is 17.7 Å². The van der Waals surface area contributed by atoms with E-state index in [0.717, 1.165) is 35.6 Å². The Morgan fingerprint density at radius 2 is 1.62 bits per heavy atom. The molecular weight excluding hydrogens is 609 g/mol. The zero-order chi connectivity index (χ0) is 33.8. The van der Waals surface area contributed by atoms with Crippen LogP contribution in [0.3, 0.4) is 0 Å². The predicted octanol–water partition coefficient (Wildman–Crippen LogP) is 8.32. The molecular formula is C37H43F3N2O5. The summed E-state index contributed by atoms with van der Waals surface area (Å²) in [5.41, 5.74) is 1.77. The Hall–Kier alpha value is -4.05. The number of hydrogen-bond acceptors (Lipinski definition) is 5. The minimum absolute atomic E-state index is 0.0328. The maximum Gasteiger partial charge on any atom is 0.419 e. The monoisotopic (exact) mass is 652 g/mol. The van der Waals surface area contributed by atoms with Crippen LogP contribution in [-0.2, 0) is 20.4 Å². The SMILES string of the molecule is COCCCOc1cc(N(C(=O)[C@H]2CN(C(=O)OC(C)(C)C)CC[C@@H]2c2cccc(-c3ccccc3)c2)C2CC2)ccc1C(F)(F)F. The third-order valence-electron chi connectivity index (χ3n) is 8.45. The molecule has 2 fully saturated rings. The number of nitrogens with zero attached hydrogens (tertiary/aromatic N) is 2. The number of hydrogen-bond donors (Lipinski definition) is 0. The molecule has 7 nitrogen and oxygen atoms in total. The largest absolute Gasteiger partial charge is 0.493 e. The molecule has 2 atom stereocenters. The van der Waals surface area contributed by atoms with Gasteiger partial charge in [0.2, 0.25) is 5.91 Å². The molecule has 0 bridgehead atoms. The van der Waals surface area contributed by atoms with Gasteiger partial charge in [0.25, 0.3) is 0 Å². The molecule has 1 aliphatic heterocycles. The summed E-state index contributed by atoms with van der Waals surface area (Å²) in [4.78, 5) is 31.2. The molecule has 1 saturated carbocycles. The van der Waals surface area contributed by atoms with Gasteiger partial charge in [-0.1, -0.05) is 54.6 Å². The molecule has 2 aliphatic rings. The van der Waals surface area contributed by atoms with E-state index < -0.39 is 29.4 Å². The molecule has 47 heavy (non-hydrogen) atoms. The van der Waals surface area contributed by atoms with Gasteiger partial charge in [-0.3, -0.25) is 4.79 Å². The van der Waals surface area contributed by atoms with Crippen LogP contribution in [-0.4, -0.2) is 62.0 Å². The van der Waals surface area contributed by atoms with Crippen molar-refractivity contribution in [3.63, 3.8) is 0 Å². The van der Waals surface area contributed by atoms with Crippen LogP contribution in [0.4, 0.5) is 23.7 Å². The first-order valence-corrected chi connectivity index (χ1v) is 16.1. The summed E-state index contributed by atoms with van der Waals surface area (Å²) < 4.78 is 58.2. The minimum atomic E-state index is -4.63. The highest BCUT2D eigenvalue weighted by Crippen LogP contribution is 2.43. The van der Waals surface area contributed by atoms with E-state index in [9.17, 15) is 22.8 Å². The van der Waals surface area contributed by atoms with Crippen LogP contribution in [0, 0.1) is 5.92 Å². The van der Waals surface area contributed by atoms with Gasteiger partial charge in [0.05, 0.1) is 18.1 Å². The van der Waals surface area contributed by atoms with E-state index in [0.29, 0.717) is 31.7 Å². The lowest BCUT2D eigenvalue weighted by atomic mass is 9.78. The summed E-state index contributed by atoms with van der Waals surface area (Å²) in [5.74, 6) is -1.45. The van der Waals surface area contributed by atoms with Crippen molar-refractivity contribution in [1.82, 2.24) is 4.90 Å². The fraction of sp³-hybridized carbons (Fsp3) is 0.459. The van der Waals surface area contributed by atoms with E-state index >= 15 is 0 Å². The number of ether oxygens (including phenoxy) is 3. The number of rotatable bonds is 10. The third kappa shape index (κ3) is 8.66. The van der Waals surface area contributed by atoms with Crippen LogP contribution < -0.4 is 9.64 Å².